The average molecular weight is 228 g/mol. The molecule has 1 N–H and O–H groups in total. The number of rotatable bonds is 3. The molecule has 1 nitrogen and oxygen atoms in total. The van der Waals surface area contributed by atoms with E-state index in [0.29, 0.717) is 11.3 Å². The Morgan fingerprint density at radius 3 is 2.13 bits per heavy atom. The van der Waals surface area contributed by atoms with E-state index in [4.69, 9.17) is 0 Å². The van der Waals surface area contributed by atoms with Crippen LogP contribution in [0.2, 0.25) is 0 Å². The van der Waals surface area contributed by atoms with E-state index in [9.17, 15) is 9.50 Å². The fourth-order valence-electron chi connectivity index (χ4n) is 1.86. The lowest BCUT2D eigenvalue weighted by atomic mass is 10.3. The summed E-state index contributed by atoms with van der Waals surface area (Å²) in [5.74, 6) is -0.0403. The van der Waals surface area contributed by atoms with E-state index in [2.05, 4.69) is 27.7 Å². The van der Waals surface area contributed by atoms with Gasteiger partial charge < -0.3 is 5.11 Å². The van der Waals surface area contributed by atoms with E-state index in [1.165, 1.54) is 18.2 Å². The maximum absolute atomic E-state index is 13.1. The number of aromatic hydroxyl groups is 1. The van der Waals surface area contributed by atoms with Crippen LogP contribution in [0.1, 0.15) is 27.7 Å². The molecule has 0 saturated heterocycles. The van der Waals surface area contributed by atoms with Gasteiger partial charge in [-0.1, -0.05) is 35.6 Å². The summed E-state index contributed by atoms with van der Waals surface area (Å²) in [5, 5.41) is 10.5. The molecule has 0 amide bonds. The van der Waals surface area contributed by atoms with Crippen molar-refractivity contribution in [3.8, 4) is 5.75 Å². The van der Waals surface area contributed by atoms with Crippen LogP contribution >= 0.6 is 7.92 Å². The van der Waals surface area contributed by atoms with Crippen molar-refractivity contribution in [1.82, 2.24) is 0 Å². The molecule has 3 heteroatoms. The molecule has 0 radical (unpaired) electrons. The van der Waals surface area contributed by atoms with Crippen molar-refractivity contribution in [3.05, 3.63) is 24.0 Å². The van der Waals surface area contributed by atoms with Gasteiger partial charge in [-0.25, -0.2) is 4.39 Å². The second-order valence-electron chi connectivity index (χ2n) is 4.23. The monoisotopic (exact) mass is 228 g/mol. The van der Waals surface area contributed by atoms with Crippen LogP contribution in [0.15, 0.2) is 18.2 Å². The Bertz CT molecular complexity index is 328. The van der Waals surface area contributed by atoms with Gasteiger partial charge in [0.1, 0.15) is 11.6 Å². The molecule has 0 aromatic heterocycles. The van der Waals surface area contributed by atoms with Crippen LogP contribution in [-0.2, 0) is 0 Å². The van der Waals surface area contributed by atoms with Crippen molar-refractivity contribution in [3.63, 3.8) is 0 Å². The lowest BCUT2D eigenvalue weighted by molar-refractivity contribution is 0.477. The summed E-state index contributed by atoms with van der Waals surface area (Å²) >= 11 is 0. The molecule has 0 aliphatic heterocycles. The number of phenols is 1. The zero-order valence-electron chi connectivity index (χ0n) is 9.66. The minimum absolute atomic E-state index is 0.227. The van der Waals surface area contributed by atoms with Crippen molar-refractivity contribution < 1.29 is 9.50 Å². The minimum Gasteiger partial charge on any atom is -0.507 e. The number of hydrogen-bond donors (Lipinski definition) is 1. The summed E-state index contributed by atoms with van der Waals surface area (Å²) in [6.07, 6.45) is 0. The van der Waals surface area contributed by atoms with Gasteiger partial charge >= 0.3 is 0 Å². The number of benzene rings is 1. The Hall–Kier alpha value is -0.620. The molecule has 0 fully saturated rings. The van der Waals surface area contributed by atoms with E-state index in [1.54, 1.807) is 0 Å². The predicted molar refractivity (Wildman–Crippen MR) is 64.9 cm³/mol. The molecule has 0 atom stereocenters. The minimum atomic E-state index is -0.501. The van der Waals surface area contributed by atoms with Gasteiger partial charge in [-0.15, -0.1) is 0 Å². The molecule has 0 bridgehead atoms. The molecule has 1 aromatic rings. The first-order valence-electron chi connectivity index (χ1n) is 5.20. The topological polar surface area (TPSA) is 20.2 Å². The van der Waals surface area contributed by atoms with E-state index >= 15 is 0 Å². The molecule has 0 heterocycles. The summed E-state index contributed by atoms with van der Waals surface area (Å²) < 4.78 is 13.1. The van der Waals surface area contributed by atoms with Crippen LogP contribution in [0.5, 0.6) is 5.75 Å². The maximum Gasteiger partial charge on any atom is 0.124 e. The summed E-state index contributed by atoms with van der Waals surface area (Å²) in [6, 6.07) is 4.22. The molecule has 84 valence electrons. The number of phenolic OH excluding ortho intramolecular Hbond substituents is 1. The van der Waals surface area contributed by atoms with Gasteiger partial charge in [0.15, 0.2) is 0 Å². The SMILES string of the molecule is CC(C)P(c1cc(F)ccc1O)C(C)C. The summed E-state index contributed by atoms with van der Waals surface area (Å²) in [5.41, 5.74) is 0.903. The number of hydrogen-bond acceptors (Lipinski definition) is 1. The third-order valence-electron chi connectivity index (χ3n) is 2.33. The first kappa shape index (κ1) is 12.4. The van der Waals surface area contributed by atoms with Crippen LogP contribution in [0, 0.1) is 5.82 Å². The van der Waals surface area contributed by atoms with Gasteiger partial charge in [-0.3, -0.25) is 0 Å². The summed E-state index contributed by atoms with van der Waals surface area (Å²) in [4.78, 5) is 0. The molecule has 1 aromatic carbocycles. The Labute approximate surface area is 92.1 Å². The Morgan fingerprint density at radius 2 is 1.67 bits per heavy atom. The van der Waals surface area contributed by atoms with E-state index < -0.39 is 7.92 Å². The van der Waals surface area contributed by atoms with E-state index in [-0.39, 0.29) is 11.6 Å². The highest BCUT2D eigenvalue weighted by Gasteiger charge is 2.22. The van der Waals surface area contributed by atoms with Crippen LogP contribution in [0.25, 0.3) is 0 Å². The zero-order chi connectivity index (χ0) is 11.6. The van der Waals surface area contributed by atoms with Crippen molar-refractivity contribution >= 4 is 13.2 Å². The highest BCUT2D eigenvalue weighted by atomic mass is 31.1. The third-order valence-corrected chi connectivity index (χ3v) is 5.47. The molecule has 0 aliphatic carbocycles. The molecule has 0 saturated carbocycles. The fourth-order valence-corrected chi connectivity index (χ4v) is 4.77. The second kappa shape index (κ2) is 4.94. The normalized spacial score (nSPS) is 11.7. The van der Waals surface area contributed by atoms with E-state index in [0.717, 1.165) is 5.30 Å². The molecule has 0 spiro atoms. The summed E-state index contributed by atoms with van der Waals surface area (Å²) in [6.45, 7) is 8.48. The van der Waals surface area contributed by atoms with Crippen LogP contribution < -0.4 is 5.30 Å². The van der Waals surface area contributed by atoms with Gasteiger partial charge in [0.25, 0.3) is 0 Å². The predicted octanol–water partition coefficient (Wildman–Crippen LogP) is 3.46. The van der Waals surface area contributed by atoms with E-state index in [1.807, 2.05) is 0 Å². The van der Waals surface area contributed by atoms with Crippen LogP contribution in [0.4, 0.5) is 4.39 Å². The first-order valence-corrected chi connectivity index (χ1v) is 6.68. The van der Waals surface area contributed by atoms with Crippen LogP contribution in [0.3, 0.4) is 0 Å². The Morgan fingerprint density at radius 1 is 1.13 bits per heavy atom. The molecule has 15 heavy (non-hydrogen) atoms. The van der Waals surface area contributed by atoms with Gasteiger partial charge in [0.2, 0.25) is 0 Å². The van der Waals surface area contributed by atoms with Gasteiger partial charge in [0.05, 0.1) is 0 Å². The second-order valence-corrected chi connectivity index (χ2v) is 7.59. The smallest absolute Gasteiger partial charge is 0.124 e. The first-order chi connectivity index (χ1) is 6.93. The number of halogens is 1. The molecule has 0 aliphatic rings. The fraction of sp³-hybridized carbons (Fsp3) is 0.500. The third kappa shape index (κ3) is 2.92. The standard InChI is InChI=1S/C12H18FOP/c1-8(2)15(9(3)4)12-7-10(13)5-6-11(12)14/h5-9,14H,1-4H3. The lowest BCUT2D eigenvalue weighted by Crippen LogP contribution is -2.15. The lowest BCUT2D eigenvalue weighted by Gasteiger charge is -2.26. The molecular weight excluding hydrogens is 210 g/mol. The van der Waals surface area contributed by atoms with Crippen LogP contribution in [-0.4, -0.2) is 16.4 Å². The van der Waals surface area contributed by atoms with Crippen molar-refractivity contribution in [2.24, 2.45) is 0 Å². The van der Waals surface area contributed by atoms with Crippen molar-refractivity contribution in [2.75, 3.05) is 0 Å². The maximum atomic E-state index is 13.1. The molecule has 0 unspecified atom stereocenters. The summed E-state index contributed by atoms with van der Waals surface area (Å²) in [7, 11) is -0.501. The van der Waals surface area contributed by atoms with Gasteiger partial charge in [-0.05, 0) is 29.5 Å². The van der Waals surface area contributed by atoms with Crippen molar-refractivity contribution in [2.45, 2.75) is 39.0 Å². The molecule has 1 rings (SSSR count). The average Bonchev–Trinajstić information content (AvgIpc) is 2.10. The Balaban J connectivity index is 3.16. The highest BCUT2D eigenvalue weighted by molar-refractivity contribution is 7.67. The van der Waals surface area contributed by atoms with Gasteiger partial charge in [-0.2, -0.15) is 0 Å². The molecular formula is C12H18FOP. The van der Waals surface area contributed by atoms with Gasteiger partial charge in [0, 0.05) is 5.30 Å². The zero-order valence-corrected chi connectivity index (χ0v) is 10.6. The van der Waals surface area contributed by atoms with Crippen molar-refractivity contribution in [1.29, 1.82) is 0 Å². The largest absolute Gasteiger partial charge is 0.507 e. The highest BCUT2D eigenvalue weighted by Crippen LogP contribution is 2.46. The quantitative estimate of drug-likeness (QED) is 0.785. The Kier molecular flexibility index (Phi) is 4.10.